The molecule has 0 radical (unpaired) electrons. The van der Waals surface area contributed by atoms with Gasteiger partial charge in [-0.1, -0.05) is 6.07 Å². The Morgan fingerprint density at radius 1 is 1.25 bits per heavy atom. The first kappa shape index (κ1) is 10.5. The van der Waals surface area contributed by atoms with Crippen molar-refractivity contribution in [2.24, 2.45) is 0 Å². The summed E-state index contributed by atoms with van der Waals surface area (Å²) in [4.78, 5) is 4.10. The van der Waals surface area contributed by atoms with Crippen LogP contribution in [0.3, 0.4) is 0 Å². The van der Waals surface area contributed by atoms with Crippen molar-refractivity contribution in [3.63, 3.8) is 0 Å². The first-order chi connectivity index (χ1) is 7.72. The zero-order valence-corrected chi connectivity index (χ0v) is 9.40. The largest absolute Gasteiger partial charge is 0.495 e. The van der Waals surface area contributed by atoms with Crippen LogP contribution in [0.2, 0.25) is 0 Å². The third-order valence-corrected chi connectivity index (χ3v) is 2.56. The van der Waals surface area contributed by atoms with E-state index in [4.69, 9.17) is 10.5 Å². The van der Waals surface area contributed by atoms with Crippen molar-refractivity contribution < 1.29 is 4.74 Å². The van der Waals surface area contributed by atoms with Gasteiger partial charge in [-0.25, -0.2) is 0 Å². The van der Waals surface area contributed by atoms with E-state index in [1.54, 1.807) is 13.3 Å². The molecule has 0 saturated heterocycles. The monoisotopic (exact) mass is 214 g/mol. The molecular weight excluding hydrogens is 200 g/mol. The number of ether oxygens (including phenoxy) is 1. The second-order valence-corrected chi connectivity index (χ2v) is 3.65. The van der Waals surface area contributed by atoms with Crippen molar-refractivity contribution in [1.82, 2.24) is 4.98 Å². The van der Waals surface area contributed by atoms with Gasteiger partial charge in [0.1, 0.15) is 5.75 Å². The quantitative estimate of drug-likeness (QED) is 0.782. The Morgan fingerprint density at radius 3 is 2.69 bits per heavy atom. The Kier molecular flexibility index (Phi) is 2.77. The molecule has 0 aliphatic rings. The minimum atomic E-state index is 0.690. The highest BCUT2D eigenvalue weighted by atomic mass is 16.5. The lowest BCUT2D eigenvalue weighted by molar-refractivity contribution is 0.417. The predicted octanol–water partition coefficient (Wildman–Crippen LogP) is 2.65. The standard InChI is InChI=1S/C13H14N2O/c1-9-6-11(7-12(16-2)13(9)14)10-4-3-5-15-8-10/h3-8H,14H2,1-2H3. The summed E-state index contributed by atoms with van der Waals surface area (Å²) in [6.45, 7) is 1.97. The lowest BCUT2D eigenvalue weighted by atomic mass is 10.0. The maximum absolute atomic E-state index is 5.90. The summed E-state index contributed by atoms with van der Waals surface area (Å²) in [6, 6.07) is 7.89. The van der Waals surface area contributed by atoms with Gasteiger partial charge in [0, 0.05) is 18.0 Å². The van der Waals surface area contributed by atoms with Crippen LogP contribution in [0.15, 0.2) is 36.7 Å². The molecule has 0 bridgehead atoms. The highest BCUT2D eigenvalue weighted by molar-refractivity contribution is 5.72. The second kappa shape index (κ2) is 4.23. The van der Waals surface area contributed by atoms with Gasteiger partial charge in [0.25, 0.3) is 0 Å². The number of pyridine rings is 1. The van der Waals surface area contributed by atoms with Crippen LogP contribution in [0, 0.1) is 6.92 Å². The maximum Gasteiger partial charge on any atom is 0.142 e. The molecule has 0 aliphatic carbocycles. The lowest BCUT2D eigenvalue weighted by Crippen LogP contribution is -1.96. The minimum absolute atomic E-state index is 0.690. The van der Waals surface area contributed by atoms with Crippen LogP contribution in [-0.2, 0) is 0 Å². The number of aryl methyl sites for hydroxylation is 1. The molecule has 82 valence electrons. The van der Waals surface area contributed by atoms with Gasteiger partial charge in [-0.3, -0.25) is 4.98 Å². The van der Waals surface area contributed by atoms with Crippen molar-refractivity contribution in [3.05, 3.63) is 42.2 Å². The number of nitrogen functional groups attached to an aromatic ring is 1. The van der Waals surface area contributed by atoms with E-state index in [1.807, 2.05) is 37.4 Å². The van der Waals surface area contributed by atoms with Crippen molar-refractivity contribution in [2.75, 3.05) is 12.8 Å². The predicted molar refractivity (Wildman–Crippen MR) is 65.4 cm³/mol. The summed E-state index contributed by atoms with van der Waals surface area (Å²) in [7, 11) is 1.62. The molecule has 1 aromatic carbocycles. The number of anilines is 1. The van der Waals surface area contributed by atoms with Crippen LogP contribution in [0.25, 0.3) is 11.1 Å². The fourth-order valence-corrected chi connectivity index (χ4v) is 1.64. The SMILES string of the molecule is COc1cc(-c2cccnc2)cc(C)c1N. The Hall–Kier alpha value is -2.03. The number of benzene rings is 1. The van der Waals surface area contributed by atoms with Crippen molar-refractivity contribution in [3.8, 4) is 16.9 Å². The van der Waals surface area contributed by atoms with E-state index < -0.39 is 0 Å². The van der Waals surface area contributed by atoms with Crippen LogP contribution in [0.1, 0.15) is 5.56 Å². The average molecular weight is 214 g/mol. The Bertz CT molecular complexity index is 495. The van der Waals surface area contributed by atoms with Gasteiger partial charge in [-0.05, 0) is 36.2 Å². The van der Waals surface area contributed by atoms with E-state index in [-0.39, 0.29) is 0 Å². The number of aromatic nitrogens is 1. The van der Waals surface area contributed by atoms with E-state index in [0.29, 0.717) is 11.4 Å². The summed E-state index contributed by atoms with van der Waals surface area (Å²) < 4.78 is 5.24. The number of hydrogen-bond donors (Lipinski definition) is 1. The van der Waals surface area contributed by atoms with Gasteiger partial charge >= 0.3 is 0 Å². The van der Waals surface area contributed by atoms with Gasteiger partial charge < -0.3 is 10.5 Å². The molecule has 0 saturated carbocycles. The smallest absolute Gasteiger partial charge is 0.142 e. The molecule has 0 amide bonds. The molecule has 0 unspecified atom stereocenters. The van der Waals surface area contributed by atoms with Crippen LogP contribution < -0.4 is 10.5 Å². The second-order valence-electron chi connectivity index (χ2n) is 3.65. The summed E-state index contributed by atoms with van der Waals surface area (Å²) in [5.74, 6) is 0.707. The van der Waals surface area contributed by atoms with Crippen molar-refractivity contribution >= 4 is 5.69 Å². The zero-order chi connectivity index (χ0) is 11.5. The zero-order valence-electron chi connectivity index (χ0n) is 9.40. The molecule has 2 rings (SSSR count). The third-order valence-electron chi connectivity index (χ3n) is 2.56. The van der Waals surface area contributed by atoms with Crippen LogP contribution in [-0.4, -0.2) is 12.1 Å². The number of methoxy groups -OCH3 is 1. The third kappa shape index (κ3) is 1.84. The van der Waals surface area contributed by atoms with Gasteiger partial charge in [0.15, 0.2) is 0 Å². The van der Waals surface area contributed by atoms with E-state index >= 15 is 0 Å². The number of hydrogen-bond acceptors (Lipinski definition) is 3. The van der Waals surface area contributed by atoms with Gasteiger partial charge in [-0.2, -0.15) is 0 Å². The first-order valence-corrected chi connectivity index (χ1v) is 5.07. The molecule has 0 spiro atoms. The average Bonchev–Trinajstić information content (AvgIpc) is 2.33. The fourth-order valence-electron chi connectivity index (χ4n) is 1.64. The highest BCUT2D eigenvalue weighted by Gasteiger charge is 2.06. The molecule has 1 heterocycles. The van der Waals surface area contributed by atoms with Gasteiger partial charge in [0.2, 0.25) is 0 Å². The van der Waals surface area contributed by atoms with Crippen LogP contribution in [0.4, 0.5) is 5.69 Å². The molecule has 16 heavy (non-hydrogen) atoms. The Morgan fingerprint density at radius 2 is 2.06 bits per heavy atom. The molecule has 3 nitrogen and oxygen atoms in total. The lowest BCUT2D eigenvalue weighted by Gasteiger charge is -2.10. The minimum Gasteiger partial charge on any atom is -0.495 e. The summed E-state index contributed by atoms with van der Waals surface area (Å²) in [5, 5.41) is 0. The Balaban J connectivity index is 2.55. The molecular formula is C13H14N2O. The molecule has 1 aromatic heterocycles. The molecule has 3 heteroatoms. The van der Waals surface area contributed by atoms with Crippen LogP contribution >= 0.6 is 0 Å². The fraction of sp³-hybridized carbons (Fsp3) is 0.154. The molecule has 0 atom stereocenters. The number of nitrogens with two attached hydrogens (primary N) is 1. The topological polar surface area (TPSA) is 48.1 Å². The highest BCUT2D eigenvalue weighted by Crippen LogP contribution is 2.31. The van der Waals surface area contributed by atoms with E-state index in [9.17, 15) is 0 Å². The van der Waals surface area contributed by atoms with Gasteiger partial charge in [-0.15, -0.1) is 0 Å². The van der Waals surface area contributed by atoms with Gasteiger partial charge in [0.05, 0.1) is 12.8 Å². The molecule has 2 aromatic rings. The maximum atomic E-state index is 5.90. The summed E-state index contributed by atoms with van der Waals surface area (Å²) >= 11 is 0. The summed E-state index contributed by atoms with van der Waals surface area (Å²) in [6.07, 6.45) is 3.58. The molecule has 2 N–H and O–H groups in total. The molecule has 0 aliphatic heterocycles. The van der Waals surface area contributed by atoms with E-state index in [2.05, 4.69) is 4.98 Å². The van der Waals surface area contributed by atoms with Crippen LogP contribution in [0.5, 0.6) is 5.75 Å². The molecule has 0 fully saturated rings. The number of rotatable bonds is 2. The van der Waals surface area contributed by atoms with Crippen molar-refractivity contribution in [2.45, 2.75) is 6.92 Å². The van der Waals surface area contributed by atoms with Crippen molar-refractivity contribution in [1.29, 1.82) is 0 Å². The van der Waals surface area contributed by atoms with E-state index in [0.717, 1.165) is 16.7 Å². The first-order valence-electron chi connectivity index (χ1n) is 5.07. The van der Waals surface area contributed by atoms with E-state index in [1.165, 1.54) is 0 Å². The summed E-state index contributed by atoms with van der Waals surface area (Å²) in [5.41, 5.74) is 9.73. The normalized spacial score (nSPS) is 10.1. The Labute approximate surface area is 94.9 Å². The number of nitrogens with zero attached hydrogens (tertiary/aromatic N) is 1.